The fourth-order valence-corrected chi connectivity index (χ4v) is 2.70. The Kier molecular flexibility index (Phi) is 6.17. The number of hydrogen-bond donors (Lipinski definition) is 0. The molecule has 22 heavy (non-hydrogen) atoms. The molecule has 122 valence electrons. The highest BCUT2D eigenvalue weighted by atomic mass is 35.5. The molecule has 0 radical (unpaired) electrons. The van der Waals surface area contributed by atoms with Crippen LogP contribution in [0.4, 0.5) is 4.39 Å². The molecule has 4 nitrogen and oxygen atoms in total. The summed E-state index contributed by atoms with van der Waals surface area (Å²) in [4.78, 5) is 16.3. The van der Waals surface area contributed by atoms with Gasteiger partial charge < -0.3 is 14.5 Å². The molecular weight excluding hydrogens is 307 g/mol. The summed E-state index contributed by atoms with van der Waals surface area (Å²) in [5, 5.41) is 0.297. The van der Waals surface area contributed by atoms with Crippen molar-refractivity contribution in [3.8, 4) is 0 Å². The molecule has 1 fully saturated rings. The summed E-state index contributed by atoms with van der Waals surface area (Å²) in [6, 6.07) is 4.14. The van der Waals surface area contributed by atoms with E-state index in [1.165, 1.54) is 12.1 Å². The van der Waals surface area contributed by atoms with E-state index in [0.717, 1.165) is 13.0 Å². The van der Waals surface area contributed by atoms with Crippen LogP contribution in [-0.2, 0) is 16.0 Å². The third-order valence-corrected chi connectivity index (χ3v) is 4.10. The number of nitrogens with zero attached hydrogens (tertiary/aromatic N) is 2. The molecule has 0 aromatic heterocycles. The first-order chi connectivity index (χ1) is 10.5. The summed E-state index contributed by atoms with van der Waals surface area (Å²) >= 11 is 5.98. The second kappa shape index (κ2) is 7.90. The lowest BCUT2D eigenvalue weighted by Crippen LogP contribution is -2.46. The molecule has 1 aliphatic heterocycles. The third kappa shape index (κ3) is 4.93. The van der Waals surface area contributed by atoms with Crippen LogP contribution >= 0.6 is 11.6 Å². The van der Waals surface area contributed by atoms with Crippen LogP contribution in [0.25, 0.3) is 0 Å². The molecule has 1 aromatic rings. The fraction of sp³-hybridized carbons (Fsp3) is 0.562. The maximum atomic E-state index is 13.0. The van der Waals surface area contributed by atoms with Gasteiger partial charge in [0.2, 0.25) is 5.91 Å². The quantitative estimate of drug-likeness (QED) is 0.830. The molecule has 1 unspecified atom stereocenters. The van der Waals surface area contributed by atoms with Gasteiger partial charge in [-0.05, 0) is 38.2 Å². The van der Waals surface area contributed by atoms with Gasteiger partial charge in [-0.2, -0.15) is 0 Å². The molecular formula is C16H22ClFN2O2. The fourth-order valence-electron chi connectivity index (χ4n) is 2.46. The topological polar surface area (TPSA) is 32.8 Å². The second-order valence-electron chi connectivity index (χ2n) is 5.84. The van der Waals surface area contributed by atoms with Gasteiger partial charge in [0, 0.05) is 24.7 Å². The first kappa shape index (κ1) is 17.2. The van der Waals surface area contributed by atoms with E-state index < -0.39 is 5.82 Å². The van der Waals surface area contributed by atoms with E-state index in [0.29, 0.717) is 30.3 Å². The number of carbonyl (C=O) groups is 1. The normalized spacial score (nSPS) is 18.8. The minimum atomic E-state index is -0.392. The molecule has 0 bridgehead atoms. The summed E-state index contributed by atoms with van der Waals surface area (Å²) in [7, 11) is 4.03. The highest BCUT2D eigenvalue weighted by molar-refractivity contribution is 6.31. The summed E-state index contributed by atoms with van der Waals surface area (Å²) in [5.41, 5.74) is 0.657. The van der Waals surface area contributed by atoms with Crippen molar-refractivity contribution in [1.29, 1.82) is 0 Å². The van der Waals surface area contributed by atoms with Crippen molar-refractivity contribution in [1.82, 2.24) is 9.80 Å². The van der Waals surface area contributed by atoms with Gasteiger partial charge in [0.15, 0.2) is 0 Å². The Balaban J connectivity index is 1.91. The molecule has 0 spiro atoms. The minimum absolute atomic E-state index is 0.00617. The lowest BCUT2D eigenvalue weighted by atomic mass is 10.1. The summed E-state index contributed by atoms with van der Waals surface area (Å²) in [5.74, 6) is -0.386. The van der Waals surface area contributed by atoms with Crippen LogP contribution in [0.1, 0.15) is 12.0 Å². The van der Waals surface area contributed by atoms with Gasteiger partial charge >= 0.3 is 0 Å². The number of carbonyl (C=O) groups excluding carboxylic acids is 1. The van der Waals surface area contributed by atoms with Gasteiger partial charge in [-0.3, -0.25) is 4.79 Å². The first-order valence-corrected chi connectivity index (χ1v) is 7.81. The van der Waals surface area contributed by atoms with Gasteiger partial charge in [0.1, 0.15) is 5.82 Å². The van der Waals surface area contributed by atoms with E-state index in [9.17, 15) is 9.18 Å². The number of amides is 1. The van der Waals surface area contributed by atoms with Crippen molar-refractivity contribution >= 4 is 17.5 Å². The van der Waals surface area contributed by atoms with E-state index in [-0.39, 0.29) is 18.4 Å². The summed E-state index contributed by atoms with van der Waals surface area (Å²) < 4.78 is 18.7. The van der Waals surface area contributed by atoms with Crippen LogP contribution in [0.5, 0.6) is 0 Å². The Morgan fingerprint density at radius 2 is 2.27 bits per heavy atom. The number of ether oxygens (including phenoxy) is 1. The van der Waals surface area contributed by atoms with Crippen molar-refractivity contribution in [3.05, 3.63) is 34.6 Å². The van der Waals surface area contributed by atoms with E-state index in [2.05, 4.69) is 4.90 Å². The molecule has 1 heterocycles. The van der Waals surface area contributed by atoms with Crippen molar-refractivity contribution < 1.29 is 13.9 Å². The smallest absolute Gasteiger partial charge is 0.227 e. The highest BCUT2D eigenvalue weighted by Crippen LogP contribution is 2.19. The minimum Gasteiger partial charge on any atom is -0.374 e. The predicted octanol–water partition coefficient (Wildman–Crippen LogP) is 2.20. The predicted molar refractivity (Wildman–Crippen MR) is 84.6 cm³/mol. The summed E-state index contributed by atoms with van der Waals surface area (Å²) in [6.45, 7) is 2.68. The molecule has 1 atom stereocenters. The average Bonchev–Trinajstić information content (AvgIpc) is 2.48. The lowest BCUT2D eigenvalue weighted by Gasteiger charge is -2.33. The molecule has 1 saturated heterocycles. The van der Waals surface area contributed by atoms with Gasteiger partial charge in [-0.15, -0.1) is 0 Å². The van der Waals surface area contributed by atoms with Crippen LogP contribution in [0.2, 0.25) is 5.02 Å². The zero-order valence-electron chi connectivity index (χ0n) is 13.0. The average molecular weight is 329 g/mol. The lowest BCUT2D eigenvalue weighted by molar-refractivity contribution is -0.138. The van der Waals surface area contributed by atoms with Gasteiger partial charge in [0.25, 0.3) is 0 Å². The number of hydrogen-bond acceptors (Lipinski definition) is 3. The van der Waals surface area contributed by atoms with Crippen LogP contribution in [0, 0.1) is 5.82 Å². The highest BCUT2D eigenvalue weighted by Gasteiger charge is 2.24. The van der Waals surface area contributed by atoms with Gasteiger partial charge in [-0.25, -0.2) is 4.39 Å². The second-order valence-corrected chi connectivity index (χ2v) is 6.24. The molecule has 1 amide bonds. The molecule has 2 rings (SSSR count). The van der Waals surface area contributed by atoms with E-state index in [4.69, 9.17) is 16.3 Å². The molecule has 0 saturated carbocycles. The van der Waals surface area contributed by atoms with Gasteiger partial charge in [-0.1, -0.05) is 17.7 Å². The molecule has 6 heteroatoms. The van der Waals surface area contributed by atoms with Crippen LogP contribution in [-0.4, -0.2) is 62.1 Å². The Hall–Kier alpha value is -1.17. The van der Waals surface area contributed by atoms with Crippen molar-refractivity contribution in [2.75, 3.05) is 40.3 Å². The number of halogens is 2. The van der Waals surface area contributed by atoms with Crippen molar-refractivity contribution in [2.45, 2.75) is 18.9 Å². The van der Waals surface area contributed by atoms with Gasteiger partial charge in [0.05, 0.1) is 19.1 Å². The van der Waals surface area contributed by atoms with Crippen molar-refractivity contribution in [3.63, 3.8) is 0 Å². The first-order valence-electron chi connectivity index (χ1n) is 7.43. The largest absolute Gasteiger partial charge is 0.374 e. The Labute approximate surface area is 135 Å². The zero-order valence-corrected chi connectivity index (χ0v) is 13.8. The zero-order chi connectivity index (χ0) is 16.1. The number of rotatable bonds is 5. The van der Waals surface area contributed by atoms with E-state index in [1.807, 2.05) is 19.0 Å². The maximum absolute atomic E-state index is 13.0. The van der Waals surface area contributed by atoms with Crippen molar-refractivity contribution in [2.24, 2.45) is 0 Å². The van der Waals surface area contributed by atoms with Crippen LogP contribution in [0.3, 0.4) is 0 Å². The molecule has 1 aromatic carbocycles. The maximum Gasteiger partial charge on any atom is 0.227 e. The number of morpholine rings is 1. The molecule has 0 aliphatic carbocycles. The Bertz CT molecular complexity index is 525. The number of benzene rings is 1. The monoisotopic (exact) mass is 328 g/mol. The van der Waals surface area contributed by atoms with Crippen LogP contribution in [0.15, 0.2) is 18.2 Å². The molecule has 0 N–H and O–H groups in total. The Morgan fingerprint density at radius 1 is 1.50 bits per heavy atom. The van der Waals surface area contributed by atoms with Crippen LogP contribution < -0.4 is 0 Å². The van der Waals surface area contributed by atoms with E-state index in [1.54, 1.807) is 6.07 Å². The SMILES string of the molecule is CN(C)CCC1CN(C(=O)Cc2ccc(F)cc2Cl)CCO1. The summed E-state index contributed by atoms with van der Waals surface area (Å²) in [6.07, 6.45) is 1.16. The standard InChI is InChI=1S/C16H22ClFN2O2/c1-19(2)6-5-14-11-20(7-8-22-14)16(21)9-12-3-4-13(18)10-15(12)17/h3-4,10,14H,5-9,11H2,1-2H3. The third-order valence-electron chi connectivity index (χ3n) is 3.75. The Morgan fingerprint density at radius 3 is 2.95 bits per heavy atom. The van der Waals surface area contributed by atoms with E-state index >= 15 is 0 Å². The molecule has 1 aliphatic rings.